The third kappa shape index (κ3) is 6.80. The fraction of sp³-hybridized carbons (Fsp3) is 0.517. The first-order valence-corrected chi connectivity index (χ1v) is 13.9. The highest BCUT2D eigenvalue weighted by atomic mass is 19.4. The van der Waals surface area contributed by atoms with E-state index in [4.69, 9.17) is 0 Å². The van der Waals surface area contributed by atoms with Gasteiger partial charge in [0.2, 0.25) is 5.95 Å². The van der Waals surface area contributed by atoms with E-state index in [1.54, 1.807) is 23.2 Å². The number of rotatable bonds is 6. The van der Waals surface area contributed by atoms with E-state index in [0.717, 1.165) is 32.0 Å². The number of hydrogen-bond donors (Lipinski definition) is 2. The lowest BCUT2D eigenvalue weighted by Gasteiger charge is -2.27. The van der Waals surface area contributed by atoms with Gasteiger partial charge in [0.15, 0.2) is 0 Å². The number of halogens is 3. The summed E-state index contributed by atoms with van der Waals surface area (Å²) in [4.78, 5) is 25.3. The number of anilines is 2. The second-order valence-corrected chi connectivity index (χ2v) is 12.1. The predicted octanol–water partition coefficient (Wildman–Crippen LogP) is 5.56. The Labute approximate surface area is 238 Å². The van der Waals surface area contributed by atoms with E-state index < -0.39 is 11.7 Å². The van der Waals surface area contributed by atoms with E-state index in [1.165, 1.54) is 12.3 Å². The zero-order valence-corrected chi connectivity index (χ0v) is 23.9. The molecule has 2 aliphatic heterocycles. The number of nitrogens with zero attached hydrogens (tertiary/aromatic N) is 6. The Morgan fingerprint density at radius 1 is 1.10 bits per heavy atom. The van der Waals surface area contributed by atoms with Gasteiger partial charge in [-0.1, -0.05) is 32.9 Å². The number of carbonyl (C=O) groups is 1. The number of alkyl halides is 3. The van der Waals surface area contributed by atoms with E-state index in [1.807, 2.05) is 10.9 Å². The van der Waals surface area contributed by atoms with Crippen molar-refractivity contribution >= 4 is 17.7 Å². The highest BCUT2D eigenvalue weighted by Crippen LogP contribution is 2.36. The molecule has 2 saturated heterocycles. The van der Waals surface area contributed by atoms with E-state index in [2.05, 4.69) is 58.4 Å². The molecule has 1 unspecified atom stereocenters. The molecule has 5 rings (SSSR count). The Hall–Kier alpha value is -3.67. The summed E-state index contributed by atoms with van der Waals surface area (Å²) < 4.78 is 44.2. The van der Waals surface area contributed by atoms with Gasteiger partial charge in [0, 0.05) is 44.1 Å². The Kier molecular flexibility index (Phi) is 7.95. The number of nitrogens with one attached hydrogen (secondary N) is 2. The molecule has 2 atom stereocenters. The average Bonchev–Trinajstić information content (AvgIpc) is 3.68. The van der Waals surface area contributed by atoms with Crippen molar-refractivity contribution in [3.63, 3.8) is 0 Å². The SMILES string of the molecule is CN1CC[C@@H](n2cc(Nc3nccc(-c4ccc(CNC(=O)N5CCC(C(C)(C)C)C5)c(C(F)(F)F)c4)n3)cn2)C1. The van der Waals surface area contributed by atoms with Crippen LogP contribution in [0.25, 0.3) is 11.3 Å². The van der Waals surface area contributed by atoms with Crippen LogP contribution in [0, 0.1) is 11.3 Å². The summed E-state index contributed by atoms with van der Waals surface area (Å²) in [6.45, 7) is 9.32. The van der Waals surface area contributed by atoms with Gasteiger partial charge >= 0.3 is 12.2 Å². The van der Waals surface area contributed by atoms with E-state index in [0.29, 0.717) is 42.0 Å². The first kappa shape index (κ1) is 28.8. The normalized spacial score (nSPS) is 20.0. The summed E-state index contributed by atoms with van der Waals surface area (Å²) in [5, 5.41) is 10.2. The van der Waals surface area contributed by atoms with Crippen molar-refractivity contribution in [3.05, 3.63) is 54.0 Å². The fourth-order valence-corrected chi connectivity index (χ4v) is 5.53. The molecule has 2 aromatic heterocycles. The minimum atomic E-state index is -4.60. The molecule has 3 aromatic rings. The molecular formula is C29H37F3N8O. The Morgan fingerprint density at radius 3 is 2.59 bits per heavy atom. The zero-order valence-electron chi connectivity index (χ0n) is 23.9. The molecule has 9 nitrogen and oxygen atoms in total. The number of likely N-dealkylation sites (tertiary alicyclic amines) is 2. The van der Waals surface area contributed by atoms with Gasteiger partial charge in [-0.25, -0.2) is 14.8 Å². The molecule has 2 aliphatic rings. The lowest BCUT2D eigenvalue weighted by Crippen LogP contribution is -2.39. The summed E-state index contributed by atoms with van der Waals surface area (Å²) in [5.74, 6) is 0.616. The van der Waals surface area contributed by atoms with Crippen LogP contribution in [0.15, 0.2) is 42.9 Å². The van der Waals surface area contributed by atoms with Gasteiger partial charge in [0.25, 0.3) is 0 Å². The van der Waals surface area contributed by atoms with Crippen LogP contribution in [-0.2, 0) is 12.7 Å². The largest absolute Gasteiger partial charge is 0.416 e. The Bertz CT molecular complexity index is 1380. The molecule has 4 heterocycles. The zero-order chi connectivity index (χ0) is 29.4. The molecule has 1 aromatic carbocycles. The van der Waals surface area contributed by atoms with Gasteiger partial charge in [-0.05, 0) is 55.5 Å². The van der Waals surface area contributed by atoms with Crippen LogP contribution in [0.3, 0.4) is 0 Å². The average molecular weight is 571 g/mol. The van der Waals surface area contributed by atoms with Crippen LogP contribution < -0.4 is 10.6 Å². The van der Waals surface area contributed by atoms with Crippen LogP contribution in [-0.4, -0.2) is 68.8 Å². The summed E-state index contributed by atoms with van der Waals surface area (Å²) in [5.41, 5.74) is 0.609. The van der Waals surface area contributed by atoms with Gasteiger partial charge in [-0.3, -0.25) is 4.68 Å². The minimum absolute atomic E-state index is 0.00135. The fourth-order valence-electron chi connectivity index (χ4n) is 5.53. The summed E-state index contributed by atoms with van der Waals surface area (Å²) in [6, 6.07) is 5.58. The monoisotopic (exact) mass is 570 g/mol. The van der Waals surface area contributed by atoms with Gasteiger partial charge in [-0.15, -0.1) is 0 Å². The van der Waals surface area contributed by atoms with Crippen LogP contribution >= 0.6 is 0 Å². The van der Waals surface area contributed by atoms with E-state index in [-0.39, 0.29) is 29.5 Å². The van der Waals surface area contributed by atoms with Crippen molar-refractivity contribution in [2.24, 2.45) is 11.3 Å². The lowest BCUT2D eigenvalue weighted by atomic mass is 9.80. The molecule has 0 aliphatic carbocycles. The van der Waals surface area contributed by atoms with Crippen molar-refractivity contribution in [2.75, 3.05) is 38.5 Å². The molecule has 2 fully saturated rings. The topological polar surface area (TPSA) is 91.2 Å². The maximum absolute atomic E-state index is 14.1. The highest BCUT2D eigenvalue weighted by molar-refractivity contribution is 5.74. The molecule has 12 heteroatoms. The summed E-state index contributed by atoms with van der Waals surface area (Å²) in [7, 11) is 2.07. The smallest absolute Gasteiger partial charge is 0.334 e. The van der Waals surface area contributed by atoms with Gasteiger partial charge < -0.3 is 20.4 Å². The molecule has 0 radical (unpaired) electrons. The number of urea groups is 1. The van der Waals surface area contributed by atoms with Crippen molar-refractivity contribution in [1.82, 2.24) is 34.9 Å². The third-order valence-electron chi connectivity index (χ3n) is 8.10. The van der Waals surface area contributed by atoms with Crippen LogP contribution in [0.1, 0.15) is 50.8 Å². The summed E-state index contributed by atoms with van der Waals surface area (Å²) >= 11 is 0. The van der Waals surface area contributed by atoms with Crippen molar-refractivity contribution in [1.29, 1.82) is 0 Å². The van der Waals surface area contributed by atoms with Gasteiger partial charge in [-0.2, -0.15) is 18.3 Å². The molecule has 2 amide bonds. The van der Waals surface area contributed by atoms with Crippen molar-refractivity contribution in [3.8, 4) is 11.3 Å². The maximum Gasteiger partial charge on any atom is 0.416 e. The molecular weight excluding hydrogens is 533 g/mol. The van der Waals surface area contributed by atoms with Gasteiger partial charge in [0.1, 0.15) is 0 Å². The second kappa shape index (κ2) is 11.3. The number of aromatic nitrogens is 4. The lowest BCUT2D eigenvalue weighted by molar-refractivity contribution is -0.138. The third-order valence-corrected chi connectivity index (χ3v) is 8.10. The Morgan fingerprint density at radius 2 is 1.90 bits per heavy atom. The molecule has 0 saturated carbocycles. The van der Waals surface area contributed by atoms with Crippen molar-refractivity contribution < 1.29 is 18.0 Å². The number of likely N-dealkylation sites (N-methyl/N-ethyl adjacent to an activating group) is 1. The maximum atomic E-state index is 14.1. The molecule has 220 valence electrons. The van der Waals surface area contributed by atoms with Crippen molar-refractivity contribution in [2.45, 2.75) is 52.4 Å². The van der Waals surface area contributed by atoms with Crippen LogP contribution in [0.4, 0.5) is 29.6 Å². The van der Waals surface area contributed by atoms with Crippen LogP contribution in [0.5, 0.6) is 0 Å². The Balaban J connectivity index is 1.28. The number of amides is 2. The standard InChI is InChI=1S/C29H37F3N8O/c1-28(2,3)21-8-12-39(16-21)27(41)34-14-20-6-5-19(13-24(20)29(30,31)32)25-7-10-33-26(37-25)36-22-15-35-40(17-22)23-9-11-38(4)18-23/h5-7,10,13,15,17,21,23H,8-9,11-12,14,16,18H2,1-4H3,(H,34,41)(H,33,36,37)/t21?,23-/m1/s1. The first-order valence-electron chi connectivity index (χ1n) is 13.9. The quantitative estimate of drug-likeness (QED) is 0.404. The summed E-state index contributed by atoms with van der Waals surface area (Å²) in [6.07, 6.45) is 2.37. The van der Waals surface area contributed by atoms with Crippen LogP contribution in [0.2, 0.25) is 0 Å². The predicted molar refractivity (Wildman–Crippen MR) is 151 cm³/mol. The van der Waals surface area contributed by atoms with E-state index >= 15 is 0 Å². The highest BCUT2D eigenvalue weighted by Gasteiger charge is 2.36. The second-order valence-electron chi connectivity index (χ2n) is 12.1. The molecule has 2 N–H and O–H groups in total. The molecule has 0 bridgehead atoms. The molecule has 0 spiro atoms. The number of carbonyl (C=O) groups excluding carboxylic acids is 1. The number of benzene rings is 1. The molecule has 41 heavy (non-hydrogen) atoms. The van der Waals surface area contributed by atoms with E-state index in [9.17, 15) is 18.0 Å². The minimum Gasteiger partial charge on any atom is -0.334 e. The first-order chi connectivity index (χ1) is 19.4. The van der Waals surface area contributed by atoms with Gasteiger partial charge in [0.05, 0.1) is 29.2 Å². The number of hydrogen-bond acceptors (Lipinski definition) is 6.